The van der Waals surface area contributed by atoms with E-state index in [0.29, 0.717) is 0 Å². The van der Waals surface area contributed by atoms with Crippen LogP contribution in [0.1, 0.15) is 37.4 Å². The van der Waals surface area contributed by atoms with E-state index in [0.717, 1.165) is 35.2 Å². The predicted octanol–water partition coefficient (Wildman–Crippen LogP) is 3.17. The summed E-state index contributed by atoms with van der Waals surface area (Å²) < 4.78 is 0. The van der Waals surface area contributed by atoms with Gasteiger partial charge in [-0.2, -0.15) is 11.8 Å². The Labute approximate surface area is 102 Å². The predicted molar refractivity (Wildman–Crippen MR) is 72.1 cm³/mol. The Morgan fingerprint density at radius 1 is 1.19 bits per heavy atom. The first-order valence-corrected chi connectivity index (χ1v) is 7.00. The van der Waals surface area contributed by atoms with Crippen LogP contribution < -0.4 is 5.32 Å². The molecule has 90 valence electrons. The molecule has 0 radical (unpaired) electrons. The maximum atomic E-state index is 4.55. The molecule has 1 rings (SSSR count). The Morgan fingerprint density at radius 2 is 1.94 bits per heavy atom. The van der Waals surface area contributed by atoms with Gasteiger partial charge in [-0.3, -0.25) is 0 Å². The van der Waals surface area contributed by atoms with Gasteiger partial charge in [0.05, 0.1) is 5.75 Å². The van der Waals surface area contributed by atoms with E-state index in [1.165, 1.54) is 12.2 Å². The Kier molecular flexibility index (Phi) is 5.60. The lowest BCUT2D eigenvalue weighted by molar-refractivity contribution is 0.962. The molecule has 1 N–H and O–H groups in total. The molecule has 0 aliphatic rings. The summed E-state index contributed by atoms with van der Waals surface area (Å²) in [6, 6.07) is 0. The van der Waals surface area contributed by atoms with Gasteiger partial charge in [0, 0.05) is 17.8 Å². The van der Waals surface area contributed by atoms with Crippen molar-refractivity contribution < 1.29 is 0 Å². The molecule has 3 nitrogen and oxygen atoms in total. The van der Waals surface area contributed by atoms with Gasteiger partial charge >= 0.3 is 0 Å². The van der Waals surface area contributed by atoms with E-state index >= 15 is 0 Å². The number of thioether (sulfide) groups is 1. The van der Waals surface area contributed by atoms with Crippen LogP contribution in [0.5, 0.6) is 0 Å². The number of nitrogens with zero attached hydrogens (tertiary/aromatic N) is 2. The molecule has 0 aromatic carbocycles. The van der Waals surface area contributed by atoms with Crippen molar-refractivity contribution in [3.05, 3.63) is 17.1 Å². The lowest BCUT2D eigenvalue weighted by Gasteiger charge is -2.10. The normalized spacial score (nSPS) is 10.5. The van der Waals surface area contributed by atoms with E-state index in [2.05, 4.69) is 36.1 Å². The van der Waals surface area contributed by atoms with Crippen LogP contribution in [0.3, 0.4) is 0 Å². The van der Waals surface area contributed by atoms with Gasteiger partial charge in [-0.05, 0) is 32.9 Å². The minimum Gasteiger partial charge on any atom is -0.370 e. The van der Waals surface area contributed by atoms with Gasteiger partial charge in [-0.15, -0.1) is 0 Å². The summed E-state index contributed by atoms with van der Waals surface area (Å²) in [6.45, 7) is 9.29. The third-order valence-corrected chi connectivity index (χ3v) is 3.52. The van der Waals surface area contributed by atoms with Crippen LogP contribution in [0.2, 0.25) is 0 Å². The zero-order chi connectivity index (χ0) is 12.0. The first kappa shape index (κ1) is 13.3. The molecule has 0 unspecified atom stereocenters. The van der Waals surface area contributed by atoms with Crippen molar-refractivity contribution in [1.29, 1.82) is 0 Å². The van der Waals surface area contributed by atoms with Gasteiger partial charge in [0.1, 0.15) is 11.6 Å². The van der Waals surface area contributed by atoms with Gasteiger partial charge in [-0.25, -0.2) is 9.97 Å². The van der Waals surface area contributed by atoms with Gasteiger partial charge in [-0.1, -0.05) is 6.92 Å². The van der Waals surface area contributed by atoms with Crippen LogP contribution in [0.25, 0.3) is 0 Å². The molecule has 0 amide bonds. The Hall–Kier alpha value is -0.770. The number of aromatic nitrogens is 2. The van der Waals surface area contributed by atoms with E-state index in [9.17, 15) is 0 Å². The van der Waals surface area contributed by atoms with Crippen LogP contribution in [0, 0.1) is 13.8 Å². The maximum Gasteiger partial charge on any atom is 0.140 e. The first-order valence-electron chi connectivity index (χ1n) is 5.84. The molecule has 1 heterocycles. The first-order chi connectivity index (χ1) is 7.69. The standard InChI is InChI=1S/C12H21N3S/c1-5-7-16-8-11-14-10(4)9(3)12(15-11)13-6-2/h5-8H2,1-4H3,(H,13,14,15). The summed E-state index contributed by atoms with van der Waals surface area (Å²) >= 11 is 1.89. The lowest BCUT2D eigenvalue weighted by atomic mass is 10.2. The Balaban J connectivity index is 2.77. The average molecular weight is 239 g/mol. The molecule has 0 bridgehead atoms. The van der Waals surface area contributed by atoms with Crippen molar-refractivity contribution in [1.82, 2.24) is 9.97 Å². The van der Waals surface area contributed by atoms with Crippen molar-refractivity contribution in [3.63, 3.8) is 0 Å². The number of hydrogen-bond donors (Lipinski definition) is 1. The molecule has 0 aliphatic heterocycles. The van der Waals surface area contributed by atoms with Gasteiger partial charge < -0.3 is 5.32 Å². The highest BCUT2D eigenvalue weighted by Gasteiger charge is 2.06. The average Bonchev–Trinajstić information content (AvgIpc) is 2.26. The fraction of sp³-hybridized carbons (Fsp3) is 0.667. The van der Waals surface area contributed by atoms with Crippen molar-refractivity contribution in [2.24, 2.45) is 0 Å². The van der Waals surface area contributed by atoms with Crippen molar-refractivity contribution >= 4 is 17.6 Å². The molecule has 1 aromatic heterocycles. The van der Waals surface area contributed by atoms with Crippen LogP contribution in [0.4, 0.5) is 5.82 Å². The zero-order valence-electron chi connectivity index (χ0n) is 10.6. The van der Waals surface area contributed by atoms with Crippen LogP contribution >= 0.6 is 11.8 Å². The summed E-state index contributed by atoms with van der Waals surface area (Å²) in [5.41, 5.74) is 2.24. The summed E-state index contributed by atoms with van der Waals surface area (Å²) in [5.74, 6) is 4.01. The van der Waals surface area contributed by atoms with E-state index < -0.39 is 0 Å². The van der Waals surface area contributed by atoms with E-state index in [1.807, 2.05) is 18.7 Å². The topological polar surface area (TPSA) is 37.8 Å². The number of aryl methyl sites for hydroxylation is 1. The monoisotopic (exact) mass is 239 g/mol. The Morgan fingerprint density at radius 3 is 2.56 bits per heavy atom. The van der Waals surface area contributed by atoms with Gasteiger partial charge in [0.15, 0.2) is 0 Å². The summed E-state index contributed by atoms with van der Waals surface area (Å²) in [5, 5.41) is 3.29. The van der Waals surface area contributed by atoms with Crippen LogP contribution in [-0.4, -0.2) is 22.3 Å². The lowest BCUT2D eigenvalue weighted by Crippen LogP contribution is -2.07. The third kappa shape index (κ3) is 3.67. The second-order valence-corrected chi connectivity index (χ2v) is 4.89. The zero-order valence-corrected chi connectivity index (χ0v) is 11.4. The molecule has 1 aromatic rings. The molecular formula is C12H21N3S. The highest BCUT2D eigenvalue weighted by Crippen LogP contribution is 2.17. The number of hydrogen-bond acceptors (Lipinski definition) is 4. The molecule has 0 aliphatic carbocycles. The van der Waals surface area contributed by atoms with Crippen LogP contribution in [-0.2, 0) is 5.75 Å². The van der Waals surface area contributed by atoms with E-state index in [1.54, 1.807) is 0 Å². The SMILES string of the molecule is CCCSCc1nc(C)c(C)c(NCC)n1. The van der Waals surface area contributed by atoms with Crippen LogP contribution in [0.15, 0.2) is 0 Å². The minimum absolute atomic E-state index is 0.902. The maximum absolute atomic E-state index is 4.55. The fourth-order valence-corrected chi connectivity index (χ4v) is 2.14. The highest BCUT2D eigenvalue weighted by molar-refractivity contribution is 7.98. The minimum atomic E-state index is 0.902. The second kappa shape index (κ2) is 6.74. The number of anilines is 1. The molecule has 0 saturated heterocycles. The number of nitrogens with one attached hydrogen (secondary N) is 1. The largest absolute Gasteiger partial charge is 0.370 e. The molecule has 0 spiro atoms. The Bertz CT molecular complexity index is 339. The second-order valence-electron chi connectivity index (χ2n) is 3.78. The molecule has 0 atom stereocenters. The van der Waals surface area contributed by atoms with E-state index in [4.69, 9.17) is 0 Å². The molecule has 0 fully saturated rings. The summed E-state index contributed by atoms with van der Waals surface area (Å²) in [7, 11) is 0. The molecule has 16 heavy (non-hydrogen) atoms. The summed E-state index contributed by atoms with van der Waals surface area (Å²) in [4.78, 5) is 9.07. The van der Waals surface area contributed by atoms with Crippen molar-refractivity contribution in [3.8, 4) is 0 Å². The third-order valence-electron chi connectivity index (χ3n) is 2.36. The highest BCUT2D eigenvalue weighted by atomic mass is 32.2. The van der Waals surface area contributed by atoms with Crippen molar-refractivity contribution in [2.75, 3.05) is 17.6 Å². The molecule has 0 saturated carbocycles. The molecule has 4 heteroatoms. The van der Waals surface area contributed by atoms with E-state index in [-0.39, 0.29) is 0 Å². The summed E-state index contributed by atoms with van der Waals surface area (Å²) in [6.07, 6.45) is 1.20. The fourth-order valence-electron chi connectivity index (χ4n) is 1.40. The quantitative estimate of drug-likeness (QED) is 0.774. The van der Waals surface area contributed by atoms with Gasteiger partial charge in [0.25, 0.3) is 0 Å². The van der Waals surface area contributed by atoms with Gasteiger partial charge in [0.2, 0.25) is 0 Å². The smallest absolute Gasteiger partial charge is 0.140 e. The number of rotatable bonds is 6. The molecular weight excluding hydrogens is 218 g/mol. The van der Waals surface area contributed by atoms with Crippen molar-refractivity contribution in [2.45, 2.75) is 39.9 Å².